The summed E-state index contributed by atoms with van der Waals surface area (Å²) in [5, 5.41) is 2.94. The molecule has 1 saturated heterocycles. The predicted molar refractivity (Wildman–Crippen MR) is 101 cm³/mol. The van der Waals surface area contributed by atoms with Crippen LogP contribution in [-0.2, 0) is 4.79 Å². The minimum absolute atomic E-state index is 0.0744. The van der Waals surface area contributed by atoms with Gasteiger partial charge in [-0.05, 0) is 49.2 Å². The van der Waals surface area contributed by atoms with E-state index in [-0.39, 0.29) is 17.7 Å². The van der Waals surface area contributed by atoms with Gasteiger partial charge in [-0.3, -0.25) is 9.59 Å². The number of hydrogen-bond donors (Lipinski definition) is 1. The van der Waals surface area contributed by atoms with Crippen molar-refractivity contribution in [1.29, 1.82) is 0 Å². The van der Waals surface area contributed by atoms with Gasteiger partial charge in [0.1, 0.15) is 5.76 Å². The van der Waals surface area contributed by atoms with Crippen LogP contribution in [0.5, 0.6) is 0 Å². The van der Waals surface area contributed by atoms with Gasteiger partial charge in [-0.15, -0.1) is 0 Å². The molecule has 2 aromatic heterocycles. The van der Waals surface area contributed by atoms with E-state index in [9.17, 15) is 9.59 Å². The Hall–Kier alpha value is -3.00. The molecule has 4 rings (SSSR count). The van der Waals surface area contributed by atoms with Crippen LogP contribution in [0, 0.1) is 5.92 Å². The highest BCUT2D eigenvalue weighted by molar-refractivity contribution is 6.99. The minimum Gasteiger partial charge on any atom is -0.464 e. The highest BCUT2D eigenvalue weighted by Crippen LogP contribution is 2.23. The lowest BCUT2D eigenvalue weighted by molar-refractivity contribution is -0.121. The number of furan rings is 1. The molecule has 27 heavy (non-hydrogen) atoms. The number of nitrogens with one attached hydrogen (secondary N) is 1. The van der Waals surface area contributed by atoms with Crippen LogP contribution < -0.4 is 5.32 Å². The Bertz CT molecular complexity index is 907. The predicted octanol–water partition coefficient (Wildman–Crippen LogP) is 3.29. The molecule has 1 unspecified atom stereocenters. The van der Waals surface area contributed by atoms with Crippen molar-refractivity contribution >= 4 is 29.2 Å². The number of anilines is 1. The summed E-state index contributed by atoms with van der Waals surface area (Å²) >= 11 is 1.01. The second-order valence-electron chi connectivity index (χ2n) is 6.43. The van der Waals surface area contributed by atoms with Crippen molar-refractivity contribution in [3.63, 3.8) is 0 Å². The van der Waals surface area contributed by atoms with Crippen LogP contribution in [0.25, 0.3) is 11.3 Å². The number of rotatable bonds is 4. The normalized spacial score (nSPS) is 16.9. The van der Waals surface area contributed by atoms with Gasteiger partial charge in [-0.1, -0.05) is 0 Å². The van der Waals surface area contributed by atoms with Gasteiger partial charge < -0.3 is 14.6 Å². The summed E-state index contributed by atoms with van der Waals surface area (Å²) in [5.74, 6) is 0.309. The first-order valence-electron chi connectivity index (χ1n) is 8.72. The molecule has 0 saturated carbocycles. The molecule has 3 heterocycles. The second-order valence-corrected chi connectivity index (χ2v) is 6.98. The van der Waals surface area contributed by atoms with Crippen LogP contribution in [0.3, 0.4) is 0 Å². The summed E-state index contributed by atoms with van der Waals surface area (Å²) in [7, 11) is 0. The van der Waals surface area contributed by atoms with Crippen LogP contribution in [0.1, 0.15) is 23.3 Å². The fourth-order valence-electron chi connectivity index (χ4n) is 3.20. The quantitative estimate of drug-likeness (QED) is 0.748. The molecule has 1 N–H and O–H groups in total. The maximum atomic E-state index is 12.6. The molecular formula is C19H18N4O3S. The molecule has 1 aliphatic heterocycles. The lowest BCUT2D eigenvalue weighted by Gasteiger charge is -2.31. The van der Waals surface area contributed by atoms with Gasteiger partial charge in [0.15, 0.2) is 5.69 Å². The first kappa shape index (κ1) is 17.4. The maximum Gasteiger partial charge on any atom is 0.275 e. The number of aromatic nitrogens is 2. The molecule has 2 amide bonds. The second kappa shape index (κ2) is 7.71. The van der Waals surface area contributed by atoms with Crippen molar-refractivity contribution in [2.24, 2.45) is 5.92 Å². The van der Waals surface area contributed by atoms with Gasteiger partial charge in [-0.25, -0.2) is 0 Å². The lowest BCUT2D eigenvalue weighted by Crippen LogP contribution is -2.43. The topological polar surface area (TPSA) is 88.3 Å². The molecule has 1 atom stereocenters. The van der Waals surface area contributed by atoms with E-state index < -0.39 is 0 Å². The van der Waals surface area contributed by atoms with E-state index in [1.165, 1.54) is 6.20 Å². The van der Waals surface area contributed by atoms with Crippen LogP contribution in [-0.4, -0.2) is 38.6 Å². The fourth-order valence-corrected chi connectivity index (χ4v) is 3.61. The zero-order chi connectivity index (χ0) is 18.6. The van der Waals surface area contributed by atoms with Crippen molar-refractivity contribution in [1.82, 2.24) is 13.6 Å². The average molecular weight is 382 g/mol. The van der Waals surface area contributed by atoms with E-state index in [2.05, 4.69) is 14.1 Å². The van der Waals surface area contributed by atoms with Gasteiger partial charge in [0.25, 0.3) is 5.91 Å². The zero-order valence-corrected chi connectivity index (χ0v) is 15.3. The number of nitrogens with zero attached hydrogens (tertiary/aromatic N) is 3. The molecule has 0 bridgehead atoms. The summed E-state index contributed by atoms with van der Waals surface area (Å²) < 4.78 is 13.2. The van der Waals surface area contributed by atoms with E-state index >= 15 is 0 Å². The lowest BCUT2D eigenvalue weighted by atomic mass is 9.96. The van der Waals surface area contributed by atoms with Crippen molar-refractivity contribution in [2.45, 2.75) is 12.8 Å². The third-order valence-electron chi connectivity index (χ3n) is 4.62. The SMILES string of the molecule is O=C(Nc1ccc(-c2ccco2)cc1)C1CCCN(C(=O)c2cnsn2)C1. The molecule has 0 aliphatic carbocycles. The van der Waals surface area contributed by atoms with Gasteiger partial charge >= 0.3 is 0 Å². The third-order valence-corrected chi connectivity index (χ3v) is 5.10. The van der Waals surface area contributed by atoms with Crippen LogP contribution in [0.4, 0.5) is 5.69 Å². The molecule has 3 aromatic rings. The van der Waals surface area contributed by atoms with Gasteiger partial charge in [0.05, 0.1) is 30.1 Å². The fraction of sp³-hybridized carbons (Fsp3) is 0.263. The Morgan fingerprint density at radius 1 is 1.22 bits per heavy atom. The van der Waals surface area contributed by atoms with E-state index in [1.807, 2.05) is 36.4 Å². The molecule has 0 spiro atoms. The molecule has 0 radical (unpaired) electrons. The number of carbonyl (C=O) groups excluding carboxylic acids is 2. The highest BCUT2D eigenvalue weighted by atomic mass is 32.1. The standard InChI is InChI=1S/C19H18N4O3S/c24-18(21-15-7-5-13(6-8-15)17-4-2-10-26-17)14-3-1-9-23(12-14)19(25)16-11-20-27-22-16/h2,4-8,10-11,14H,1,3,9,12H2,(H,21,24). The van der Waals surface area contributed by atoms with E-state index in [0.29, 0.717) is 18.8 Å². The average Bonchev–Trinajstić information content (AvgIpc) is 3.42. The Morgan fingerprint density at radius 3 is 2.78 bits per heavy atom. The van der Waals surface area contributed by atoms with Crippen LogP contribution in [0.15, 0.2) is 53.3 Å². The number of benzene rings is 1. The van der Waals surface area contributed by atoms with E-state index in [4.69, 9.17) is 4.42 Å². The Morgan fingerprint density at radius 2 is 2.07 bits per heavy atom. The van der Waals surface area contributed by atoms with Gasteiger partial charge in [0, 0.05) is 24.3 Å². The van der Waals surface area contributed by atoms with Gasteiger partial charge in [-0.2, -0.15) is 8.75 Å². The van der Waals surface area contributed by atoms with Crippen molar-refractivity contribution in [3.8, 4) is 11.3 Å². The Kier molecular flexibility index (Phi) is 4.97. The number of likely N-dealkylation sites (tertiary alicyclic amines) is 1. The minimum atomic E-state index is -0.237. The largest absolute Gasteiger partial charge is 0.464 e. The van der Waals surface area contributed by atoms with Crippen LogP contribution in [0.2, 0.25) is 0 Å². The van der Waals surface area contributed by atoms with Crippen molar-refractivity contribution in [3.05, 3.63) is 54.6 Å². The smallest absolute Gasteiger partial charge is 0.275 e. The Labute approximate surface area is 160 Å². The molecule has 8 heteroatoms. The maximum absolute atomic E-state index is 12.6. The summed E-state index contributed by atoms with van der Waals surface area (Å²) in [4.78, 5) is 26.8. The van der Waals surface area contributed by atoms with Gasteiger partial charge in [0.2, 0.25) is 5.91 Å². The summed E-state index contributed by atoms with van der Waals surface area (Å²) in [5.41, 5.74) is 2.02. The number of piperidine rings is 1. The molecule has 1 aromatic carbocycles. The Balaban J connectivity index is 1.38. The molecule has 138 valence electrons. The van der Waals surface area contributed by atoms with Crippen molar-refractivity contribution < 1.29 is 14.0 Å². The van der Waals surface area contributed by atoms with Crippen LogP contribution >= 0.6 is 11.7 Å². The summed E-state index contributed by atoms with van der Waals surface area (Å²) in [6.07, 6.45) is 4.65. The summed E-state index contributed by atoms with van der Waals surface area (Å²) in [6.45, 7) is 1.03. The van der Waals surface area contributed by atoms with E-state index in [0.717, 1.165) is 41.6 Å². The first-order chi connectivity index (χ1) is 13.2. The monoisotopic (exact) mass is 382 g/mol. The summed E-state index contributed by atoms with van der Waals surface area (Å²) in [6, 6.07) is 11.2. The molecule has 7 nitrogen and oxygen atoms in total. The molecular weight excluding hydrogens is 364 g/mol. The number of amides is 2. The van der Waals surface area contributed by atoms with Crippen molar-refractivity contribution in [2.75, 3.05) is 18.4 Å². The van der Waals surface area contributed by atoms with E-state index in [1.54, 1.807) is 11.2 Å². The third kappa shape index (κ3) is 3.90. The number of hydrogen-bond acceptors (Lipinski definition) is 6. The first-order valence-corrected chi connectivity index (χ1v) is 9.45. The number of carbonyl (C=O) groups is 2. The molecule has 1 fully saturated rings. The highest BCUT2D eigenvalue weighted by Gasteiger charge is 2.29. The zero-order valence-electron chi connectivity index (χ0n) is 14.5. The molecule has 1 aliphatic rings.